The maximum Gasteiger partial charge on any atom is 0.414 e. The van der Waals surface area contributed by atoms with Gasteiger partial charge < -0.3 is 31.9 Å². The quantitative estimate of drug-likeness (QED) is 0.272. The number of hydrogen-bond donors (Lipinski definition) is 7. The lowest BCUT2D eigenvalue weighted by molar-refractivity contribution is 0.194. The molecular weight excluding hydrogens is 550 g/mol. The summed E-state index contributed by atoms with van der Waals surface area (Å²) in [5.74, 6) is -0.260. The van der Waals surface area contributed by atoms with Gasteiger partial charge in [0.2, 0.25) is 5.95 Å². The molecule has 0 atom stereocenters. The van der Waals surface area contributed by atoms with Crippen molar-refractivity contribution in [3.8, 4) is 0 Å². The van der Waals surface area contributed by atoms with Gasteiger partial charge in [-0.3, -0.25) is 14.7 Å². The summed E-state index contributed by atoms with van der Waals surface area (Å²) in [7, 11) is 0. The molecule has 0 saturated carbocycles. The number of amides is 4. The van der Waals surface area contributed by atoms with Gasteiger partial charge >= 0.3 is 24.4 Å². The van der Waals surface area contributed by atoms with Crippen LogP contribution in [0.5, 0.6) is 0 Å². The average molecular weight is 578 g/mol. The van der Waals surface area contributed by atoms with Crippen LogP contribution in [0.15, 0.2) is 15.5 Å². The van der Waals surface area contributed by atoms with Gasteiger partial charge in [0.1, 0.15) is 5.39 Å². The van der Waals surface area contributed by atoms with E-state index >= 15 is 0 Å². The minimum atomic E-state index is -1.33. The number of aromatic nitrogens is 3. The first kappa shape index (κ1) is 31.9. The normalized spacial score (nSPS) is 10.8. The molecule has 2 aromatic heterocycles. The second kappa shape index (κ2) is 12.0. The summed E-state index contributed by atoms with van der Waals surface area (Å²) in [5.41, 5.74) is 5.70. The smallest absolute Gasteiger partial charge is 0.414 e. The first-order valence-corrected chi connectivity index (χ1v) is 10.5. The molecule has 0 bridgehead atoms. The minimum Gasteiger partial charge on any atom is -0.465 e. The topological polar surface area (TPSA) is 266 Å². The molecule has 0 aromatic carbocycles. The van der Waals surface area contributed by atoms with E-state index in [2.05, 4.69) is 42.3 Å². The standard InChI is InChI=1S/C17H22BrN5O5.2CH3NO2/c1-16(2,3)22(14(25)26)11-9-10(8(18)7-19-11)20-13(21-12(9)24)23(15(27)28)17(4,5)6;2*2-1(3)4/h7H,1-6H3,(H,25,26)(H,27,28)(H,20,21,24);2*2H2,(H,3,4). The summed E-state index contributed by atoms with van der Waals surface area (Å²) in [6, 6.07) is 0. The number of aromatic amines is 1. The van der Waals surface area contributed by atoms with Crippen LogP contribution in [0.4, 0.5) is 30.9 Å². The van der Waals surface area contributed by atoms with Crippen LogP contribution in [0.1, 0.15) is 41.5 Å². The Hall–Kier alpha value is -4.15. The van der Waals surface area contributed by atoms with Gasteiger partial charge in [0, 0.05) is 17.3 Å². The molecule has 0 saturated heterocycles. The van der Waals surface area contributed by atoms with Crippen molar-refractivity contribution >= 4 is 63.0 Å². The number of primary amides is 2. The maximum absolute atomic E-state index is 12.9. The maximum atomic E-state index is 12.9. The molecular formula is C19H28BrN7O9. The molecule has 0 aliphatic heterocycles. The predicted octanol–water partition coefficient (Wildman–Crippen LogP) is 2.89. The zero-order valence-corrected chi connectivity index (χ0v) is 21.8. The van der Waals surface area contributed by atoms with E-state index in [1.807, 2.05) is 0 Å². The molecule has 16 nitrogen and oxygen atoms in total. The summed E-state index contributed by atoms with van der Waals surface area (Å²) >= 11 is 3.26. The largest absolute Gasteiger partial charge is 0.465 e. The summed E-state index contributed by atoms with van der Waals surface area (Å²) < 4.78 is 0.331. The Labute approximate surface area is 212 Å². The Bertz CT molecular complexity index is 1180. The number of halogens is 1. The van der Waals surface area contributed by atoms with Gasteiger partial charge in [0.15, 0.2) is 5.82 Å². The van der Waals surface area contributed by atoms with E-state index in [4.69, 9.17) is 19.8 Å². The molecule has 0 aliphatic rings. The number of fused-ring (bicyclic) bond motifs is 1. The number of H-pyrrole nitrogens is 1. The van der Waals surface area contributed by atoms with Crippen LogP contribution in [0.2, 0.25) is 0 Å². The van der Waals surface area contributed by atoms with Crippen molar-refractivity contribution < 1.29 is 39.6 Å². The van der Waals surface area contributed by atoms with Crippen molar-refractivity contribution in [1.82, 2.24) is 15.0 Å². The van der Waals surface area contributed by atoms with Gasteiger partial charge in [0.25, 0.3) is 5.56 Å². The fraction of sp³-hybridized carbons (Fsp3) is 0.421. The molecule has 2 aromatic rings. The van der Waals surface area contributed by atoms with Crippen molar-refractivity contribution in [1.29, 1.82) is 0 Å². The number of anilines is 2. The first-order valence-electron chi connectivity index (χ1n) is 9.74. The summed E-state index contributed by atoms with van der Waals surface area (Å²) in [6.07, 6.45) is -3.91. The molecule has 0 unspecified atom stereocenters. The predicted molar refractivity (Wildman–Crippen MR) is 133 cm³/mol. The van der Waals surface area contributed by atoms with Gasteiger partial charge in [0.05, 0.1) is 9.99 Å². The van der Waals surface area contributed by atoms with Crippen molar-refractivity contribution in [3.05, 3.63) is 21.0 Å². The van der Waals surface area contributed by atoms with Crippen molar-refractivity contribution in [2.24, 2.45) is 11.5 Å². The SMILES string of the molecule is CC(C)(C)N(C(=O)O)c1nc2c(Br)cnc(N(C(=O)O)C(C)(C)C)c2c(=O)[nH]1.NC(=O)O.NC(=O)O. The van der Waals surface area contributed by atoms with E-state index in [9.17, 15) is 24.6 Å². The van der Waals surface area contributed by atoms with Gasteiger partial charge in [-0.2, -0.15) is 0 Å². The zero-order chi connectivity index (χ0) is 28.8. The molecule has 0 spiro atoms. The second-order valence-electron chi connectivity index (χ2n) is 8.80. The van der Waals surface area contributed by atoms with E-state index in [-0.39, 0.29) is 22.7 Å². The third-order valence-corrected chi connectivity index (χ3v) is 4.39. The Kier molecular flexibility index (Phi) is 10.6. The lowest BCUT2D eigenvalue weighted by Gasteiger charge is -2.33. The Balaban J connectivity index is 0.00000133. The first-order chi connectivity index (χ1) is 16.1. The van der Waals surface area contributed by atoms with Crippen LogP contribution in [0.3, 0.4) is 0 Å². The highest BCUT2D eigenvalue weighted by Gasteiger charge is 2.34. The van der Waals surface area contributed by atoms with E-state index in [1.54, 1.807) is 41.5 Å². The molecule has 36 heavy (non-hydrogen) atoms. The van der Waals surface area contributed by atoms with Crippen LogP contribution in [-0.4, -0.2) is 70.8 Å². The van der Waals surface area contributed by atoms with Gasteiger partial charge in [-0.25, -0.2) is 34.0 Å². The number of hydrogen-bond acceptors (Lipinski definition) is 7. The van der Waals surface area contributed by atoms with Crippen LogP contribution in [0.25, 0.3) is 10.9 Å². The monoisotopic (exact) mass is 577 g/mol. The van der Waals surface area contributed by atoms with Gasteiger partial charge in [-0.1, -0.05) is 0 Å². The molecule has 4 amide bonds. The Morgan fingerprint density at radius 1 is 0.889 bits per heavy atom. The third kappa shape index (κ3) is 8.90. The minimum absolute atomic E-state index is 0.0605. The third-order valence-electron chi connectivity index (χ3n) is 3.80. The number of pyridine rings is 1. The average Bonchev–Trinajstić information content (AvgIpc) is 2.60. The Morgan fingerprint density at radius 2 is 1.28 bits per heavy atom. The fourth-order valence-corrected chi connectivity index (χ4v) is 3.14. The lowest BCUT2D eigenvalue weighted by atomic mass is 10.1. The summed E-state index contributed by atoms with van der Waals surface area (Å²) in [4.78, 5) is 66.8. The van der Waals surface area contributed by atoms with E-state index in [1.165, 1.54) is 6.20 Å². The number of nitrogens with zero attached hydrogens (tertiary/aromatic N) is 4. The van der Waals surface area contributed by atoms with Crippen LogP contribution in [0, 0.1) is 0 Å². The highest BCUT2D eigenvalue weighted by Crippen LogP contribution is 2.32. The van der Waals surface area contributed by atoms with E-state index in [0.29, 0.717) is 4.47 Å². The molecule has 200 valence electrons. The summed E-state index contributed by atoms with van der Waals surface area (Å²) in [6.45, 7) is 9.97. The molecule has 0 radical (unpaired) electrons. The van der Waals surface area contributed by atoms with Gasteiger partial charge in [-0.15, -0.1) is 0 Å². The van der Waals surface area contributed by atoms with Crippen molar-refractivity contribution in [2.45, 2.75) is 52.6 Å². The molecule has 2 heterocycles. The highest BCUT2D eigenvalue weighted by molar-refractivity contribution is 9.10. The zero-order valence-electron chi connectivity index (χ0n) is 20.2. The summed E-state index contributed by atoms with van der Waals surface area (Å²) in [5, 5.41) is 33.6. The molecule has 17 heteroatoms. The van der Waals surface area contributed by atoms with Crippen molar-refractivity contribution in [3.63, 3.8) is 0 Å². The lowest BCUT2D eigenvalue weighted by Crippen LogP contribution is -2.47. The number of rotatable bonds is 2. The number of nitrogens with one attached hydrogen (secondary N) is 1. The highest BCUT2D eigenvalue weighted by atomic mass is 79.9. The van der Waals surface area contributed by atoms with Crippen LogP contribution >= 0.6 is 15.9 Å². The number of carboxylic acid groups (broad SMARTS) is 4. The van der Waals surface area contributed by atoms with E-state index < -0.39 is 41.0 Å². The molecule has 2 rings (SSSR count). The molecule has 9 N–H and O–H groups in total. The van der Waals surface area contributed by atoms with Crippen LogP contribution in [-0.2, 0) is 0 Å². The fourth-order valence-electron chi connectivity index (χ4n) is 2.75. The van der Waals surface area contributed by atoms with Crippen LogP contribution < -0.4 is 26.8 Å². The second-order valence-corrected chi connectivity index (χ2v) is 9.65. The molecule has 0 fully saturated rings. The number of nitrogens with two attached hydrogens (primary N) is 2. The van der Waals surface area contributed by atoms with Gasteiger partial charge in [-0.05, 0) is 57.5 Å². The number of carbonyl (C=O) groups is 4. The van der Waals surface area contributed by atoms with Crippen molar-refractivity contribution in [2.75, 3.05) is 9.80 Å². The molecule has 0 aliphatic carbocycles. The Morgan fingerprint density at radius 3 is 1.61 bits per heavy atom. The van der Waals surface area contributed by atoms with E-state index in [0.717, 1.165) is 9.80 Å².